The van der Waals surface area contributed by atoms with Crippen LogP contribution in [-0.2, 0) is 5.33 Å². The highest BCUT2D eigenvalue weighted by atomic mass is 79.9. The van der Waals surface area contributed by atoms with Crippen LogP contribution in [0.15, 0.2) is 47.4 Å². The lowest BCUT2D eigenvalue weighted by Crippen LogP contribution is -2.10. The number of hydrogen-bond acceptors (Lipinski definition) is 1. The van der Waals surface area contributed by atoms with Crippen LogP contribution in [0.1, 0.15) is 5.56 Å². The highest BCUT2D eigenvalue weighted by Gasteiger charge is 2.07. The van der Waals surface area contributed by atoms with Crippen LogP contribution in [0, 0.1) is 0 Å². The molecule has 2 rings (SSSR count). The summed E-state index contributed by atoms with van der Waals surface area (Å²) in [5.74, 6) is 0. The van der Waals surface area contributed by atoms with Crippen molar-refractivity contribution in [2.75, 3.05) is 0 Å². The van der Waals surface area contributed by atoms with E-state index >= 15 is 0 Å². The number of alkyl halides is 1. The molecule has 1 N–H and O–H groups in total. The van der Waals surface area contributed by atoms with E-state index in [1.165, 1.54) is 0 Å². The molecule has 0 aliphatic carbocycles. The summed E-state index contributed by atoms with van der Waals surface area (Å²) in [6, 6.07) is 11.6. The third-order valence-corrected chi connectivity index (χ3v) is 2.86. The van der Waals surface area contributed by atoms with Gasteiger partial charge in [0.15, 0.2) is 0 Å². The molecule has 2 nitrogen and oxygen atoms in total. The summed E-state index contributed by atoms with van der Waals surface area (Å²) in [4.78, 5) is 14.4. The lowest BCUT2D eigenvalue weighted by molar-refractivity contribution is 1.21. The minimum Gasteiger partial charge on any atom is -0.329 e. The second-order valence-corrected chi connectivity index (χ2v) is 3.77. The van der Waals surface area contributed by atoms with E-state index in [9.17, 15) is 4.79 Å². The molecule has 15 heavy (non-hydrogen) atoms. The number of halogens is 1. The van der Waals surface area contributed by atoms with E-state index in [1.807, 2.05) is 36.4 Å². The van der Waals surface area contributed by atoms with Gasteiger partial charge in [-0.25, -0.2) is 0 Å². The van der Waals surface area contributed by atoms with Gasteiger partial charge in [-0.1, -0.05) is 46.3 Å². The van der Waals surface area contributed by atoms with Crippen LogP contribution in [0.25, 0.3) is 11.1 Å². The summed E-state index contributed by atoms with van der Waals surface area (Å²) in [6.07, 6.45) is 1.67. The van der Waals surface area contributed by atoms with Gasteiger partial charge in [-0.15, -0.1) is 0 Å². The van der Waals surface area contributed by atoms with Crippen LogP contribution in [0.2, 0.25) is 0 Å². The van der Waals surface area contributed by atoms with Crippen molar-refractivity contribution in [3.05, 3.63) is 58.5 Å². The average Bonchev–Trinajstić information content (AvgIpc) is 2.29. The zero-order chi connectivity index (χ0) is 10.7. The lowest BCUT2D eigenvalue weighted by Gasteiger charge is -2.05. The Morgan fingerprint density at radius 3 is 2.53 bits per heavy atom. The van der Waals surface area contributed by atoms with Gasteiger partial charge in [-0.2, -0.15) is 0 Å². The van der Waals surface area contributed by atoms with Crippen molar-refractivity contribution in [1.82, 2.24) is 4.98 Å². The Morgan fingerprint density at radius 2 is 1.87 bits per heavy atom. The van der Waals surface area contributed by atoms with Crippen molar-refractivity contribution in [3.63, 3.8) is 0 Å². The summed E-state index contributed by atoms with van der Waals surface area (Å²) in [5.41, 5.74) is 2.66. The topological polar surface area (TPSA) is 32.9 Å². The molecular weight excluding hydrogens is 254 g/mol. The van der Waals surface area contributed by atoms with Crippen LogP contribution in [0.4, 0.5) is 0 Å². The van der Waals surface area contributed by atoms with Crippen LogP contribution in [-0.4, -0.2) is 4.98 Å². The van der Waals surface area contributed by atoms with Gasteiger partial charge < -0.3 is 4.98 Å². The van der Waals surface area contributed by atoms with E-state index in [0.717, 1.165) is 16.7 Å². The molecule has 1 heterocycles. The average molecular weight is 264 g/mol. The summed E-state index contributed by atoms with van der Waals surface area (Å²) in [6.45, 7) is 0. The predicted octanol–water partition coefficient (Wildman–Crippen LogP) is 2.94. The quantitative estimate of drug-likeness (QED) is 0.831. The smallest absolute Gasteiger partial charge is 0.256 e. The Balaban J connectivity index is 2.67. The van der Waals surface area contributed by atoms with E-state index in [4.69, 9.17) is 0 Å². The van der Waals surface area contributed by atoms with Crippen molar-refractivity contribution >= 4 is 15.9 Å². The van der Waals surface area contributed by atoms with E-state index in [1.54, 1.807) is 6.20 Å². The van der Waals surface area contributed by atoms with Gasteiger partial charge in [-0.05, 0) is 17.2 Å². The first-order chi connectivity index (χ1) is 7.33. The fourth-order valence-corrected chi connectivity index (χ4v) is 2.02. The van der Waals surface area contributed by atoms with Crippen LogP contribution in [0.3, 0.4) is 0 Å². The molecule has 1 aromatic heterocycles. The van der Waals surface area contributed by atoms with Crippen molar-refractivity contribution < 1.29 is 0 Å². The Labute approximate surface area is 96.1 Å². The van der Waals surface area contributed by atoms with E-state index < -0.39 is 0 Å². The Morgan fingerprint density at radius 1 is 1.13 bits per heavy atom. The number of nitrogens with one attached hydrogen (secondary N) is 1. The molecule has 0 unspecified atom stereocenters. The number of hydrogen-bond donors (Lipinski definition) is 1. The standard InChI is InChI=1S/C12H10BrNO/c13-8-10-6-7-14-12(15)11(10)9-4-2-1-3-5-9/h1-7H,8H2,(H,14,15). The number of benzene rings is 1. The van der Waals surface area contributed by atoms with Gasteiger partial charge in [0.25, 0.3) is 5.56 Å². The molecule has 2 aromatic rings. The van der Waals surface area contributed by atoms with Crippen LogP contribution >= 0.6 is 15.9 Å². The Kier molecular flexibility index (Phi) is 3.02. The molecule has 0 saturated carbocycles. The number of H-pyrrole nitrogens is 1. The lowest BCUT2D eigenvalue weighted by atomic mass is 10.0. The van der Waals surface area contributed by atoms with E-state index in [2.05, 4.69) is 20.9 Å². The zero-order valence-corrected chi connectivity index (χ0v) is 9.62. The summed E-state index contributed by atoms with van der Waals surface area (Å²) in [7, 11) is 0. The van der Waals surface area contributed by atoms with Gasteiger partial charge >= 0.3 is 0 Å². The minimum absolute atomic E-state index is 0.0434. The summed E-state index contributed by atoms with van der Waals surface area (Å²) in [5, 5.41) is 0.682. The molecule has 0 radical (unpaired) electrons. The van der Waals surface area contributed by atoms with Gasteiger partial charge in [-0.3, -0.25) is 4.79 Å². The molecule has 0 fully saturated rings. The summed E-state index contributed by atoms with van der Waals surface area (Å²) >= 11 is 3.39. The van der Waals surface area contributed by atoms with E-state index in [-0.39, 0.29) is 5.56 Å². The second-order valence-electron chi connectivity index (χ2n) is 3.21. The highest BCUT2D eigenvalue weighted by Crippen LogP contribution is 2.20. The van der Waals surface area contributed by atoms with Gasteiger partial charge in [0.2, 0.25) is 0 Å². The highest BCUT2D eigenvalue weighted by molar-refractivity contribution is 9.08. The number of aromatic amines is 1. The molecule has 3 heteroatoms. The molecule has 76 valence electrons. The third kappa shape index (κ3) is 2.02. The molecule has 0 spiro atoms. The van der Waals surface area contributed by atoms with Gasteiger partial charge in [0, 0.05) is 11.5 Å². The summed E-state index contributed by atoms with van der Waals surface area (Å²) < 4.78 is 0. The predicted molar refractivity (Wildman–Crippen MR) is 65.1 cm³/mol. The molecule has 0 bridgehead atoms. The van der Waals surface area contributed by atoms with Gasteiger partial charge in [0.1, 0.15) is 0 Å². The Hall–Kier alpha value is -1.35. The van der Waals surface area contributed by atoms with E-state index in [0.29, 0.717) is 5.33 Å². The largest absolute Gasteiger partial charge is 0.329 e. The number of aromatic nitrogens is 1. The normalized spacial score (nSPS) is 10.2. The molecule has 0 aliphatic heterocycles. The van der Waals surface area contributed by atoms with Crippen molar-refractivity contribution in [2.45, 2.75) is 5.33 Å². The van der Waals surface area contributed by atoms with Crippen molar-refractivity contribution in [3.8, 4) is 11.1 Å². The van der Waals surface area contributed by atoms with Crippen molar-refractivity contribution in [2.24, 2.45) is 0 Å². The van der Waals surface area contributed by atoms with Crippen LogP contribution in [0.5, 0.6) is 0 Å². The molecule has 0 amide bonds. The SMILES string of the molecule is O=c1[nH]ccc(CBr)c1-c1ccccc1. The maximum Gasteiger partial charge on any atom is 0.256 e. The Bertz CT molecular complexity index is 505. The fraction of sp³-hybridized carbons (Fsp3) is 0.0833. The second kappa shape index (κ2) is 4.45. The first kappa shape index (κ1) is 10.2. The number of rotatable bonds is 2. The van der Waals surface area contributed by atoms with Crippen LogP contribution < -0.4 is 5.56 Å². The van der Waals surface area contributed by atoms with Crippen molar-refractivity contribution in [1.29, 1.82) is 0 Å². The zero-order valence-electron chi connectivity index (χ0n) is 8.03. The minimum atomic E-state index is -0.0434. The fourth-order valence-electron chi connectivity index (χ4n) is 1.55. The molecule has 0 saturated heterocycles. The molecule has 0 aliphatic rings. The molecule has 0 atom stereocenters. The molecular formula is C12H10BrNO. The first-order valence-corrected chi connectivity index (χ1v) is 5.77. The third-order valence-electron chi connectivity index (χ3n) is 2.25. The molecule has 1 aromatic carbocycles. The monoisotopic (exact) mass is 263 g/mol. The first-order valence-electron chi connectivity index (χ1n) is 4.65. The van der Waals surface area contributed by atoms with Gasteiger partial charge in [0.05, 0.1) is 5.56 Å². The number of pyridine rings is 1. The maximum atomic E-state index is 11.7. The maximum absolute atomic E-state index is 11.7.